The molecule has 1 aromatic carbocycles. The van der Waals surface area contributed by atoms with E-state index in [4.69, 9.17) is 0 Å². The molecule has 2 aromatic rings. The van der Waals surface area contributed by atoms with Gasteiger partial charge in [-0.25, -0.2) is 4.57 Å². The normalized spacial score (nSPS) is 15.9. The minimum atomic E-state index is -0.192. The van der Waals surface area contributed by atoms with Gasteiger partial charge in [-0.2, -0.15) is 0 Å². The summed E-state index contributed by atoms with van der Waals surface area (Å²) in [6.45, 7) is 2.23. The molecule has 0 saturated heterocycles. The molecule has 22 heavy (non-hydrogen) atoms. The second-order valence-electron chi connectivity index (χ2n) is 5.32. The summed E-state index contributed by atoms with van der Waals surface area (Å²) < 4.78 is 2.19. The molecule has 2 amide bonds. The molecule has 3 heterocycles. The van der Waals surface area contributed by atoms with Crippen molar-refractivity contribution in [3.8, 4) is 0 Å². The van der Waals surface area contributed by atoms with E-state index in [-0.39, 0.29) is 35.8 Å². The van der Waals surface area contributed by atoms with E-state index in [9.17, 15) is 9.59 Å². The van der Waals surface area contributed by atoms with E-state index in [2.05, 4.69) is 16.5 Å². The largest absolute Gasteiger partial charge is 1.00 e. The number of halogens is 1. The monoisotopic (exact) mass is 427 g/mol. The van der Waals surface area contributed by atoms with Crippen LogP contribution in [-0.2, 0) is 13.1 Å². The first-order valence-electron chi connectivity index (χ1n) is 6.83. The molecule has 0 radical (unpaired) electrons. The van der Waals surface area contributed by atoms with Gasteiger partial charge in [-0.1, -0.05) is 23.5 Å². The van der Waals surface area contributed by atoms with Gasteiger partial charge in [-0.05, 0) is 12.1 Å². The standard InChI is InChI=1S/C15H14N3O2S.HI/c1-16-6-7-17-10(9-21-15(16)17)8-18-13(19)11-4-2-3-5-12(11)14(18)20;/h2-5,9H,6-8H2,1H3;1H/q+1;/p-1. The van der Waals surface area contributed by atoms with Crippen molar-refractivity contribution < 1.29 is 38.1 Å². The zero-order chi connectivity index (χ0) is 14.6. The van der Waals surface area contributed by atoms with Crippen LogP contribution in [0.2, 0.25) is 0 Å². The number of carbonyl (C=O) groups excluding carboxylic acids is 2. The Balaban J connectivity index is 0.00000144. The van der Waals surface area contributed by atoms with Gasteiger partial charge in [0, 0.05) is 5.38 Å². The Morgan fingerprint density at radius 1 is 1.18 bits per heavy atom. The van der Waals surface area contributed by atoms with E-state index in [1.165, 1.54) is 10.0 Å². The minimum absolute atomic E-state index is 0. The molecule has 114 valence electrons. The van der Waals surface area contributed by atoms with Gasteiger partial charge in [-0.15, -0.1) is 0 Å². The zero-order valence-electron chi connectivity index (χ0n) is 12.0. The number of aromatic nitrogens is 1. The molecular weight excluding hydrogens is 413 g/mol. The van der Waals surface area contributed by atoms with Crippen molar-refractivity contribution in [2.45, 2.75) is 13.1 Å². The van der Waals surface area contributed by atoms with Crippen LogP contribution in [0.1, 0.15) is 26.4 Å². The molecule has 0 N–H and O–H groups in total. The second-order valence-corrected chi connectivity index (χ2v) is 6.16. The van der Waals surface area contributed by atoms with Crippen molar-refractivity contribution >= 4 is 28.3 Å². The number of amides is 2. The van der Waals surface area contributed by atoms with Gasteiger partial charge in [0.25, 0.3) is 11.8 Å². The number of likely N-dealkylation sites (N-methyl/N-ethyl adjacent to an activating group) is 1. The molecule has 7 heteroatoms. The lowest BCUT2D eigenvalue weighted by atomic mass is 10.1. The Morgan fingerprint density at radius 2 is 1.82 bits per heavy atom. The second kappa shape index (κ2) is 5.62. The van der Waals surface area contributed by atoms with Gasteiger partial charge >= 0.3 is 5.13 Å². The van der Waals surface area contributed by atoms with E-state index < -0.39 is 0 Å². The molecule has 0 atom stereocenters. The van der Waals surface area contributed by atoms with Crippen molar-refractivity contribution in [2.75, 3.05) is 18.5 Å². The van der Waals surface area contributed by atoms with E-state index in [0.29, 0.717) is 17.7 Å². The highest BCUT2D eigenvalue weighted by atomic mass is 127. The average molecular weight is 427 g/mol. The van der Waals surface area contributed by atoms with Crippen LogP contribution in [-0.4, -0.2) is 30.3 Å². The molecule has 0 unspecified atom stereocenters. The van der Waals surface area contributed by atoms with Crippen LogP contribution in [0.3, 0.4) is 0 Å². The molecule has 4 rings (SSSR count). The number of anilines is 1. The van der Waals surface area contributed by atoms with Crippen LogP contribution in [0, 0.1) is 0 Å². The van der Waals surface area contributed by atoms with Crippen LogP contribution in [0.15, 0.2) is 29.6 Å². The summed E-state index contributed by atoms with van der Waals surface area (Å²) in [7, 11) is 2.06. The summed E-state index contributed by atoms with van der Waals surface area (Å²) in [6, 6.07) is 7.02. The molecule has 0 saturated carbocycles. The maximum atomic E-state index is 12.4. The van der Waals surface area contributed by atoms with E-state index >= 15 is 0 Å². The topological polar surface area (TPSA) is 44.5 Å². The summed E-state index contributed by atoms with van der Waals surface area (Å²) in [5.41, 5.74) is 2.04. The fraction of sp³-hybridized carbons (Fsp3) is 0.267. The highest BCUT2D eigenvalue weighted by molar-refractivity contribution is 7.13. The summed E-state index contributed by atoms with van der Waals surface area (Å²) in [6.07, 6.45) is 0. The molecule has 0 spiro atoms. The number of carbonyl (C=O) groups is 2. The lowest BCUT2D eigenvalue weighted by Gasteiger charge is -2.12. The van der Waals surface area contributed by atoms with Crippen molar-refractivity contribution in [3.63, 3.8) is 0 Å². The molecule has 5 nitrogen and oxygen atoms in total. The van der Waals surface area contributed by atoms with Gasteiger partial charge in [0.2, 0.25) is 0 Å². The van der Waals surface area contributed by atoms with Crippen LogP contribution < -0.4 is 33.4 Å². The van der Waals surface area contributed by atoms with Crippen molar-refractivity contribution in [1.82, 2.24) is 4.90 Å². The Labute approximate surface area is 149 Å². The predicted octanol–water partition coefficient (Wildman–Crippen LogP) is -1.71. The average Bonchev–Trinajstić information content (AvgIpc) is 3.13. The third-order valence-electron chi connectivity index (χ3n) is 4.06. The summed E-state index contributed by atoms with van der Waals surface area (Å²) in [5.74, 6) is -0.384. The number of rotatable bonds is 2. The molecule has 1 aromatic heterocycles. The minimum Gasteiger partial charge on any atom is -1.00 e. The van der Waals surface area contributed by atoms with Crippen LogP contribution >= 0.6 is 11.3 Å². The van der Waals surface area contributed by atoms with Gasteiger partial charge in [0.05, 0.1) is 24.7 Å². The van der Waals surface area contributed by atoms with Crippen LogP contribution in [0.4, 0.5) is 5.13 Å². The fourth-order valence-electron chi connectivity index (χ4n) is 2.92. The highest BCUT2D eigenvalue weighted by Crippen LogP contribution is 2.26. The predicted molar refractivity (Wildman–Crippen MR) is 78.4 cm³/mol. The summed E-state index contributed by atoms with van der Waals surface area (Å²) in [4.78, 5) is 28.3. The fourth-order valence-corrected chi connectivity index (χ4v) is 3.97. The maximum Gasteiger partial charge on any atom is 0.336 e. The first kappa shape index (κ1) is 15.4. The molecule has 0 aliphatic carbocycles. The molecule has 2 aliphatic rings. The number of nitrogens with zero attached hydrogens (tertiary/aromatic N) is 3. The van der Waals surface area contributed by atoms with Crippen molar-refractivity contribution in [1.29, 1.82) is 0 Å². The van der Waals surface area contributed by atoms with Gasteiger partial charge < -0.3 is 24.0 Å². The quantitative estimate of drug-likeness (QED) is 0.326. The first-order valence-corrected chi connectivity index (χ1v) is 7.71. The van der Waals surface area contributed by atoms with E-state index in [1.54, 1.807) is 35.6 Å². The SMILES string of the molecule is CN1CC[n+]2c(CN3C(=O)c4ccccc4C3=O)csc21.[I-]. The first-order chi connectivity index (χ1) is 10.2. The number of thiazole rings is 1. The number of hydrogen-bond donors (Lipinski definition) is 0. The zero-order valence-corrected chi connectivity index (χ0v) is 14.9. The van der Waals surface area contributed by atoms with Gasteiger partial charge in [-0.3, -0.25) is 19.4 Å². The Bertz CT molecular complexity index is 739. The van der Waals surface area contributed by atoms with Crippen molar-refractivity contribution in [2.24, 2.45) is 0 Å². The number of fused-ring (bicyclic) bond motifs is 2. The molecule has 0 fully saturated rings. The molecular formula is C15H14IN3O2S. The third-order valence-corrected chi connectivity index (χ3v) is 5.19. The highest BCUT2D eigenvalue weighted by Gasteiger charge is 2.37. The maximum absolute atomic E-state index is 12.4. The summed E-state index contributed by atoms with van der Waals surface area (Å²) >= 11 is 1.66. The van der Waals surface area contributed by atoms with E-state index in [0.717, 1.165) is 18.8 Å². The number of imide groups is 1. The van der Waals surface area contributed by atoms with Crippen LogP contribution in [0.25, 0.3) is 0 Å². The Kier molecular flexibility index (Phi) is 3.94. The lowest BCUT2D eigenvalue weighted by molar-refractivity contribution is -0.675. The van der Waals surface area contributed by atoms with Gasteiger partial charge in [0.15, 0.2) is 0 Å². The smallest absolute Gasteiger partial charge is 0.336 e. The molecule has 0 bridgehead atoms. The number of benzene rings is 1. The van der Waals surface area contributed by atoms with Crippen LogP contribution in [0.5, 0.6) is 0 Å². The molecule has 2 aliphatic heterocycles. The Morgan fingerprint density at radius 3 is 2.45 bits per heavy atom. The van der Waals surface area contributed by atoms with E-state index in [1.807, 2.05) is 5.38 Å². The number of hydrogen-bond acceptors (Lipinski definition) is 4. The third kappa shape index (κ3) is 2.14. The summed E-state index contributed by atoms with van der Waals surface area (Å²) in [5, 5.41) is 3.22. The lowest BCUT2D eigenvalue weighted by Crippen LogP contribution is -3.00. The Hall–Kier alpha value is -1.48. The van der Waals surface area contributed by atoms with Crippen molar-refractivity contribution in [3.05, 3.63) is 46.5 Å². The van der Waals surface area contributed by atoms with Gasteiger partial charge in [0.1, 0.15) is 18.8 Å².